The molecule has 426 valence electrons. The first-order valence-corrected chi connectivity index (χ1v) is 27.2. The summed E-state index contributed by atoms with van der Waals surface area (Å²) in [5.74, 6) is -3.85. The van der Waals surface area contributed by atoms with Gasteiger partial charge in [-0.25, -0.2) is 9.59 Å². The summed E-state index contributed by atoms with van der Waals surface area (Å²) in [7, 11) is 4.81. The van der Waals surface area contributed by atoms with Gasteiger partial charge in [-0.2, -0.15) is 0 Å². The number of ketones is 2. The lowest BCUT2D eigenvalue weighted by Gasteiger charge is -2.40. The lowest BCUT2D eigenvalue weighted by Crippen LogP contribution is -2.53. The Hall–Kier alpha value is -6.30. The molecule has 0 aromatic heterocycles. The minimum absolute atomic E-state index is 0.00229. The molecule has 20 heteroatoms. The molecule has 0 spiro atoms. The van der Waals surface area contributed by atoms with Gasteiger partial charge in [-0.05, 0) is 91.7 Å². The van der Waals surface area contributed by atoms with Crippen LogP contribution in [0, 0.1) is 40.9 Å². The average molecular weight is 1080 g/mol. The van der Waals surface area contributed by atoms with Crippen LogP contribution < -0.4 is 21.7 Å². The lowest BCUT2D eigenvalue weighted by molar-refractivity contribution is -0.148. The van der Waals surface area contributed by atoms with Gasteiger partial charge in [0.15, 0.2) is 10.8 Å². The van der Waals surface area contributed by atoms with Crippen LogP contribution in [0.3, 0.4) is 0 Å². The number of carbonyl (C=O) groups excluding carboxylic acids is 8. The second-order valence-electron chi connectivity index (χ2n) is 21.6. The van der Waals surface area contributed by atoms with Gasteiger partial charge in [0.2, 0.25) is 29.0 Å². The van der Waals surface area contributed by atoms with Gasteiger partial charge in [-0.1, -0.05) is 73.9 Å². The van der Waals surface area contributed by atoms with Crippen LogP contribution in [0.25, 0.3) is 4.98 Å². The maximum absolute atomic E-state index is 14.4. The van der Waals surface area contributed by atoms with Crippen LogP contribution >= 0.6 is 0 Å². The van der Waals surface area contributed by atoms with E-state index < -0.39 is 60.0 Å². The third-order valence-corrected chi connectivity index (χ3v) is 14.7. The number of amides is 7. The van der Waals surface area contributed by atoms with Crippen molar-refractivity contribution in [3.05, 3.63) is 64.6 Å². The van der Waals surface area contributed by atoms with Gasteiger partial charge in [0, 0.05) is 89.3 Å². The summed E-state index contributed by atoms with van der Waals surface area (Å²) >= 11 is 0. The minimum Gasteiger partial charge on any atom is -0.445 e. The Bertz CT molecular complexity index is 2300. The van der Waals surface area contributed by atoms with Crippen LogP contribution in [-0.4, -0.2) is 133 Å². The second kappa shape index (κ2) is 32.4. The third-order valence-electron chi connectivity index (χ3n) is 14.7. The fraction of sp³-hybridized carbons (Fsp3) is 0.649. The molecule has 1 heterocycles. The summed E-state index contributed by atoms with van der Waals surface area (Å²) in [5.41, 5.74) is 8.48. The Morgan fingerprint density at radius 2 is 1.44 bits per heavy atom. The van der Waals surface area contributed by atoms with Crippen molar-refractivity contribution in [1.82, 2.24) is 25.3 Å². The predicted octanol–water partition coefficient (Wildman–Crippen LogP) is 7.99. The zero-order chi connectivity index (χ0) is 57.5. The fourth-order valence-electron chi connectivity index (χ4n) is 9.76. The molecule has 2 unspecified atom stereocenters. The number of nitrogens with two attached hydrogens (primary N) is 1. The van der Waals surface area contributed by atoms with Crippen molar-refractivity contribution in [2.24, 2.45) is 41.2 Å². The van der Waals surface area contributed by atoms with Gasteiger partial charge >= 0.3 is 17.8 Å². The number of nitrogens with one attached hydrogen (secondary N) is 3. The number of methoxy groups -OCH3 is 1. The smallest absolute Gasteiger partial charge is 0.410 e. The number of rotatable bonds is 31. The molecule has 0 saturated carbocycles. The molecule has 20 nitrogen and oxygen atoms in total. The molecule has 3 rings (SSSR count). The van der Waals surface area contributed by atoms with E-state index in [1.54, 1.807) is 81.4 Å². The number of nitrogens with zero attached hydrogens (tertiary/aromatic N) is 5. The van der Waals surface area contributed by atoms with Crippen LogP contribution in [-0.2, 0) is 56.2 Å². The van der Waals surface area contributed by atoms with Gasteiger partial charge in [0.25, 0.3) is 0 Å². The number of hydrogen-bond acceptors (Lipinski definition) is 13. The molecule has 1 saturated heterocycles. The number of anilines is 1. The molecule has 5 N–H and O–H groups in total. The fourth-order valence-corrected chi connectivity index (χ4v) is 9.76. The molecule has 2 aromatic rings. The highest BCUT2D eigenvalue weighted by molar-refractivity contribution is 5.97. The first kappa shape index (κ1) is 65.0. The van der Waals surface area contributed by atoms with Crippen LogP contribution in [0.2, 0.25) is 0 Å². The van der Waals surface area contributed by atoms with Crippen molar-refractivity contribution in [1.29, 1.82) is 5.39 Å². The van der Waals surface area contributed by atoms with Crippen molar-refractivity contribution in [2.75, 3.05) is 46.2 Å². The highest BCUT2D eigenvalue weighted by Crippen LogP contribution is 2.29. The number of carbonyl (C=O) groups is 8. The summed E-state index contributed by atoms with van der Waals surface area (Å²) in [4.78, 5) is 115. The molecule has 1 fully saturated rings. The van der Waals surface area contributed by atoms with E-state index in [0.717, 1.165) is 24.8 Å². The van der Waals surface area contributed by atoms with Crippen LogP contribution in [0.4, 0.5) is 21.0 Å². The van der Waals surface area contributed by atoms with Crippen molar-refractivity contribution in [2.45, 2.75) is 164 Å². The summed E-state index contributed by atoms with van der Waals surface area (Å²) < 4.78 is 17.2. The Morgan fingerprint density at radius 3 is 2.00 bits per heavy atom. The Morgan fingerprint density at radius 1 is 0.818 bits per heavy atom. The number of Topliss-reactive ketones (excluding diaryl/α,β-unsaturated/α-hetero) is 2. The third kappa shape index (κ3) is 20.5. The molecule has 2 aromatic carbocycles. The van der Waals surface area contributed by atoms with E-state index in [2.05, 4.69) is 20.9 Å². The number of likely N-dealkylation sites (N-methyl/N-ethyl adjacent to an activating group) is 2. The largest absolute Gasteiger partial charge is 0.445 e. The maximum Gasteiger partial charge on any atom is 0.410 e. The Balaban J connectivity index is 1.46. The number of urea groups is 1. The zero-order valence-corrected chi connectivity index (χ0v) is 47.7. The van der Waals surface area contributed by atoms with Crippen LogP contribution in [0.5, 0.6) is 0 Å². The number of hydrogen-bond donors (Lipinski definition) is 4. The Labute approximate surface area is 456 Å². The molecular formula is C57H88N9O11+. The molecule has 0 aliphatic carbocycles. The highest BCUT2D eigenvalue weighted by Gasteiger charge is 2.41. The summed E-state index contributed by atoms with van der Waals surface area (Å²) in [5, 5.41) is 16.5. The van der Waals surface area contributed by atoms with Crippen molar-refractivity contribution in [3.8, 4) is 0 Å². The lowest BCUT2D eigenvalue weighted by atomic mass is 9.83. The molecular weight excluding hydrogens is 987 g/mol. The number of diazo groups is 1. The van der Waals surface area contributed by atoms with Crippen molar-refractivity contribution in [3.63, 3.8) is 0 Å². The Kier molecular flexibility index (Phi) is 27.4. The van der Waals surface area contributed by atoms with E-state index >= 15 is 0 Å². The normalized spacial score (nSPS) is 16.1. The zero-order valence-electron chi connectivity index (χ0n) is 47.7. The summed E-state index contributed by atoms with van der Waals surface area (Å²) in [6, 6.07) is 10.6. The molecule has 8 atom stereocenters. The van der Waals surface area contributed by atoms with Crippen LogP contribution in [0.15, 0.2) is 48.5 Å². The van der Waals surface area contributed by atoms with E-state index in [4.69, 9.17) is 25.3 Å². The van der Waals surface area contributed by atoms with Gasteiger partial charge in [-0.3, -0.25) is 34.1 Å². The first-order chi connectivity index (χ1) is 36.4. The number of ether oxygens (including phenoxy) is 3. The summed E-state index contributed by atoms with van der Waals surface area (Å²) in [6.07, 6.45) is 2.03. The van der Waals surface area contributed by atoms with E-state index in [1.165, 1.54) is 11.9 Å². The highest BCUT2D eigenvalue weighted by atomic mass is 16.6. The molecule has 1 aliphatic rings. The molecule has 1 aliphatic heterocycles. The van der Waals surface area contributed by atoms with E-state index in [1.807, 2.05) is 53.4 Å². The van der Waals surface area contributed by atoms with Gasteiger partial charge in [0.1, 0.15) is 12.4 Å². The van der Waals surface area contributed by atoms with E-state index in [-0.39, 0.29) is 112 Å². The molecule has 7 amide bonds. The number of likely N-dealkylation sites (tertiary alicyclic amines) is 1. The van der Waals surface area contributed by atoms with E-state index in [0.29, 0.717) is 29.9 Å². The van der Waals surface area contributed by atoms with E-state index in [9.17, 15) is 38.4 Å². The van der Waals surface area contributed by atoms with Gasteiger partial charge < -0.3 is 45.3 Å². The molecule has 0 bridgehead atoms. The molecule has 0 radical (unpaired) electrons. The topological polar surface area (TPSA) is 264 Å². The van der Waals surface area contributed by atoms with Crippen molar-refractivity contribution >= 4 is 58.7 Å². The minimum atomic E-state index is -0.914. The summed E-state index contributed by atoms with van der Waals surface area (Å²) in [6.45, 7) is 18.3. The molecule has 77 heavy (non-hydrogen) atoms. The second-order valence-corrected chi connectivity index (χ2v) is 21.6. The first-order valence-electron chi connectivity index (χ1n) is 27.2. The standard InChI is InChI=1S/C57H87N9O11/c1-13-38(8)52(49(75-12)32-50(69)66-28-15-16-39(66)9)64(10)55(72)46(36(4)5)31-48(68)51(37(6)7)65(11)57(74)77-34-41-18-22-42(23-19-41)61-54(71)47(58)17-14-27-60-56(73)62-53(70)45(35(2)3)30-44(67)26-29-76-33-40-20-24-43(63-59)25-21-40/h18-25,35-39,45-47,49,51-52H,13-17,26-34,58H2,1-12H3,(H2-,60,61,62,70,71,73)/p+1/t38-,39+,45-,46-,47?,49?,51-,52-/m0/s1. The SMILES string of the molecule is CC[C@H](C)[C@@H](C(CC(=O)N1CCC[C@H]1C)OC)N(C)C(=O)[C@@H](CC(=O)[C@H](C(C)C)N(C)C(=O)OCc1ccc(NC(=O)C(N)CCCNC(=O)NC(=O)[C@@H](CC(=O)CCOCc2ccc([N+]#N)cc2)C(C)C)cc1)C(C)C. The average Bonchev–Trinajstić information content (AvgIpc) is 3.84. The van der Waals surface area contributed by atoms with Crippen LogP contribution in [0.1, 0.15) is 131 Å². The maximum atomic E-state index is 14.4. The quantitative estimate of drug-likeness (QED) is 0.0413. The number of benzene rings is 2. The van der Waals surface area contributed by atoms with Gasteiger partial charge in [0.05, 0.1) is 43.9 Å². The predicted molar refractivity (Wildman–Crippen MR) is 294 cm³/mol. The van der Waals surface area contributed by atoms with Crippen molar-refractivity contribution < 1.29 is 52.6 Å². The number of imide groups is 1. The monoisotopic (exact) mass is 1070 g/mol. The van der Waals surface area contributed by atoms with Gasteiger partial charge in [-0.15, -0.1) is 0 Å².